The van der Waals surface area contributed by atoms with Crippen molar-refractivity contribution in [3.05, 3.63) is 59.7 Å². The average Bonchev–Trinajstić information content (AvgIpc) is 2.60. The first-order valence-electron chi connectivity index (χ1n) is 7.58. The number of nitrogens with zero attached hydrogens (tertiary/aromatic N) is 1. The molecule has 2 rings (SSSR count). The van der Waals surface area contributed by atoms with Gasteiger partial charge in [0.1, 0.15) is 12.4 Å². The largest absolute Gasteiger partial charge is 0.546 e. The number of rotatable bonds is 6. The maximum Gasteiger partial charge on any atom is 0.329 e. The van der Waals surface area contributed by atoms with Gasteiger partial charge in [0.15, 0.2) is 0 Å². The van der Waals surface area contributed by atoms with Crippen LogP contribution in [0.1, 0.15) is 11.1 Å². The van der Waals surface area contributed by atoms with Gasteiger partial charge >= 0.3 is 11.8 Å². The number of para-hydroxylation sites is 1. The number of hydrogen-bond donors (Lipinski definition) is 2. The van der Waals surface area contributed by atoms with Gasteiger partial charge in [-0.15, -0.1) is 0 Å². The first kappa shape index (κ1) is 18.7. The Balaban J connectivity index is 1.94. The second-order valence-electron chi connectivity index (χ2n) is 5.22. The topological polar surface area (TPSA) is 120 Å². The smallest absolute Gasteiger partial charge is 0.329 e. The molecule has 0 saturated heterocycles. The Morgan fingerprint density at radius 3 is 2.62 bits per heavy atom. The molecule has 0 radical (unpaired) electrons. The number of carbonyl (C=O) groups is 3. The first-order valence-corrected chi connectivity index (χ1v) is 7.58. The number of nitrogens with one attached hydrogen (secondary N) is 2. The van der Waals surface area contributed by atoms with Gasteiger partial charge in [0, 0.05) is 11.3 Å². The SMILES string of the molecule is Cc1cccc(NC(=O)C(=O)N/N=C\c2ccccc2OCC(=O)[O-])c1. The minimum Gasteiger partial charge on any atom is -0.546 e. The molecule has 0 aliphatic carbocycles. The number of ether oxygens (including phenoxy) is 1. The van der Waals surface area contributed by atoms with Crippen LogP contribution < -0.4 is 20.6 Å². The third kappa shape index (κ3) is 5.75. The van der Waals surface area contributed by atoms with Crippen molar-refractivity contribution in [2.24, 2.45) is 5.10 Å². The minimum absolute atomic E-state index is 0.249. The molecule has 0 atom stereocenters. The summed E-state index contributed by atoms with van der Waals surface area (Å²) in [6, 6.07) is 13.5. The van der Waals surface area contributed by atoms with E-state index in [4.69, 9.17) is 4.74 Å². The van der Waals surface area contributed by atoms with Crippen LogP contribution in [0.2, 0.25) is 0 Å². The van der Waals surface area contributed by atoms with Crippen LogP contribution in [0.15, 0.2) is 53.6 Å². The third-order valence-corrected chi connectivity index (χ3v) is 3.12. The van der Waals surface area contributed by atoms with Gasteiger partial charge in [-0.3, -0.25) is 9.59 Å². The van der Waals surface area contributed by atoms with E-state index in [1.807, 2.05) is 13.0 Å². The van der Waals surface area contributed by atoms with E-state index in [9.17, 15) is 19.5 Å². The zero-order valence-electron chi connectivity index (χ0n) is 13.9. The molecule has 0 aliphatic heterocycles. The highest BCUT2D eigenvalue weighted by Crippen LogP contribution is 2.15. The summed E-state index contributed by atoms with van der Waals surface area (Å²) in [4.78, 5) is 34.0. The summed E-state index contributed by atoms with van der Waals surface area (Å²) in [5.41, 5.74) is 3.95. The number of aryl methyl sites for hydroxylation is 1. The molecule has 0 spiro atoms. The van der Waals surface area contributed by atoms with Crippen molar-refractivity contribution < 1.29 is 24.2 Å². The number of amides is 2. The fourth-order valence-electron chi connectivity index (χ4n) is 1.98. The van der Waals surface area contributed by atoms with E-state index < -0.39 is 24.4 Å². The number of carboxylic acid groups (broad SMARTS) is 1. The molecule has 0 aromatic heterocycles. The third-order valence-electron chi connectivity index (χ3n) is 3.12. The fourth-order valence-corrected chi connectivity index (χ4v) is 1.98. The molecule has 2 aromatic carbocycles. The number of aliphatic carboxylic acids is 1. The van der Waals surface area contributed by atoms with Crippen LogP contribution in [0, 0.1) is 6.92 Å². The number of anilines is 1. The van der Waals surface area contributed by atoms with Gasteiger partial charge in [0.05, 0.1) is 12.2 Å². The molecule has 134 valence electrons. The van der Waals surface area contributed by atoms with Crippen molar-refractivity contribution in [1.29, 1.82) is 0 Å². The van der Waals surface area contributed by atoms with Crippen molar-refractivity contribution in [3.8, 4) is 5.75 Å². The maximum atomic E-state index is 11.8. The lowest BCUT2D eigenvalue weighted by molar-refractivity contribution is -0.307. The first-order chi connectivity index (χ1) is 12.5. The summed E-state index contributed by atoms with van der Waals surface area (Å²) in [6.45, 7) is 1.25. The molecular formula is C18H16N3O5-. The molecule has 0 aliphatic rings. The zero-order valence-corrected chi connectivity index (χ0v) is 13.9. The van der Waals surface area contributed by atoms with E-state index in [2.05, 4.69) is 15.8 Å². The summed E-state index contributed by atoms with van der Waals surface area (Å²) in [7, 11) is 0. The number of hydrazone groups is 1. The Hall–Kier alpha value is -3.68. The standard InChI is InChI=1S/C18H17N3O5/c1-12-5-4-7-14(9-12)20-17(24)18(25)21-19-10-13-6-2-3-8-15(13)26-11-16(22)23/h2-10H,11H2,1H3,(H,20,24)(H,21,25)(H,22,23)/p-1/b19-10-. The van der Waals surface area contributed by atoms with Gasteiger partial charge in [0.25, 0.3) is 0 Å². The molecule has 8 nitrogen and oxygen atoms in total. The van der Waals surface area contributed by atoms with Gasteiger partial charge < -0.3 is 20.0 Å². The molecule has 0 bridgehead atoms. The van der Waals surface area contributed by atoms with Crippen molar-refractivity contribution in [3.63, 3.8) is 0 Å². The Labute approximate surface area is 149 Å². The Morgan fingerprint density at radius 1 is 1.12 bits per heavy atom. The lowest BCUT2D eigenvalue weighted by Gasteiger charge is -2.09. The average molecular weight is 354 g/mol. The van der Waals surface area contributed by atoms with Gasteiger partial charge in [-0.1, -0.05) is 24.3 Å². The highest BCUT2D eigenvalue weighted by Gasteiger charge is 2.12. The van der Waals surface area contributed by atoms with Crippen LogP contribution in [0.3, 0.4) is 0 Å². The van der Waals surface area contributed by atoms with Crippen LogP contribution in [-0.2, 0) is 14.4 Å². The lowest BCUT2D eigenvalue weighted by Crippen LogP contribution is -2.32. The van der Waals surface area contributed by atoms with E-state index in [1.165, 1.54) is 12.3 Å². The predicted octanol–water partition coefficient (Wildman–Crippen LogP) is 0.213. The highest BCUT2D eigenvalue weighted by molar-refractivity contribution is 6.39. The van der Waals surface area contributed by atoms with Crippen molar-refractivity contribution in [2.75, 3.05) is 11.9 Å². The summed E-state index contributed by atoms with van der Waals surface area (Å²) in [6.07, 6.45) is 1.24. The molecule has 0 saturated carbocycles. The number of benzene rings is 2. The molecule has 0 fully saturated rings. The second-order valence-corrected chi connectivity index (χ2v) is 5.22. The van der Waals surface area contributed by atoms with Gasteiger partial charge in [-0.2, -0.15) is 5.10 Å². The van der Waals surface area contributed by atoms with E-state index in [0.717, 1.165) is 5.56 Å². The maximum absolute atomic E-state index is 11.8. The van der Waals surface area contributed by atoms with E-state index >= 15 is 0 Å². The van der Waals surface area contributed by atoms with Crippen LogP contribution in [0.5, 0.6) is 5.75 Å². The summed E-state index contributed by atoms with van der Waals surface area (Å²) < 4.78 is 5.05. The van der Waals surface area contributed by atoms with Crippen LogP contribution >= 0.6 is 0 Å². The minimum atomic E-state index is -1.36. The van der Waals surface area contributed by atoms with Crippen LogP contribution in [-0.4, -0.2) is 30.6 Å². The van der Waals surface area contributed by atoms with Gasteiger partial charge in [-0.05, 0) is 36.8 Å². The Bertz CT molecular complexity index is 848. The van der Waals surface area contributed by atoms with E-state index in [-0.39, 0.29) is 5.75 Å². The molecular weight excluding hydrogens is 338 g/mol. The zero-order chi connectivity index (χ0) is 18.9. The quantitative estimate of drug-likeness (QED) is 0.437. The van der Waals surface area contributed by atoms with E-state index in [1.54, 1.807) is 36.4 Å². The molecule has 2 N–H and O–H groups in total. The Kier molecular flexibility index (Phi) is 6.44. The van der Waals surface area contributed by atoms with E-state index in [0.29, 0.717) is 11.3 Å². The number of carbonyl (C=O) groups excluding carboxylic acids is 3. The molecule has 0 unspecified atom stereocenters. The Morgan fingerprint density at radius 2 is 1.88 bits per heavy atom. The molecule has 8 heteroatoms. The molecule has 0 heterocycles. The van der Waals surface area contributed by atoms with Crippen molar-refractivity contribution >= 4 is 29.7 Å². The molecule has 26 heavy (non-hydrogen) atoms. The predicted molar refractivity (Wildman–Crippen MR) is 92.5 cm³/mol. The van der Waals surface area contributed by atoms with Crippen molar-refractivity contribution in [1.82, 2.24) is 5.43 Å². The number of hydrogen-bond acceptors (Lipinski definition) is 6. The van der Waals surface area contributed by atoms with Gasteiger partial charge in [0.2, 0.25) is 0 Å². The van der Waals surface area contributed by atoms with Gasteiger partial charge in [-0.25, -0.2) is 5.43 Å². The van der Waals surface area contributed by atoms with Crippen LogP contribution in [0.25, 0.3) is 0 Å². The molecule has 2 amide bonds. The monoisotopic (exact) mass is 354 g/mol. The normalized spacial score (nSPS) is 10.3. The van der Waals surface area contributed by atoms with Crippen molar-refractivity contribution in [2.45, 2.75) is 6.92 Å². The molecule has 2 aromatic rings. The fraction of sp³-hybridized carbons (Fsp3) is 0.111. The summed E-state index contributed by atoms with van der Waals surface area (Å²) >= 11 is 0. The highest BCUT2D eigenvalue weighted by atomic mass is 16.5. The second kappa shape index (κ2) is 8.97. The number of carboxylic acids is 1. The lowest BCUT2D eigenvalue weighted by atomic mass is 10.2. The summed E-state index contributed by atoms with van der Waals surface area (Å²) in [5.74, 6) is -2.93. The summed E-state index contributed by atoms with van der Waals surface area (Å²) in [5, 5.41) is 16.6. The van der Waals surface area contributed by atoms with Crippen LogP contribution in [0.4, 0.5) is 5.69 Å².